The number of hydrogen-bond donors (Lipinski definition) is 1. The Labute approximate surface area is 133 Å². The molecule has 2 rings (SSSR count). The number of carboxylic acid groups (broad SMARTS) is 1. The Bertz CT molecular complexity index is 394. The largest absolute Gasteiger partial charge is 0.481 e. The molecule has 0 aromatic rings. The third-order valence-electron chi connectivity index (χ3n) is 6.11. The van der Waals surface area contributed by atoms with E-state index in [1.165, 1.54) is 20.0 Å². The highest BCUT2D eigenvalue weighted by molar-refractivity contribution is 5.84. The van der Waals surface area contributed by atoms with Crippen molar-refractivity contribution in [2.24, 2.45) is 23.2 Å². The third kappa shape index (κ3) is 3.31. The molecule has 2 aliphatic rings. The van der Waals surface area contributed by atoms with Crippen LogP contribution in [0.5, 0.6) is 0 Å². The summed E-state index contributed by atoms with van der Waals surface area (Å²) in [6.45, 7) is 1.86. The molecule has 4 heteroatoms. The molecule has 2 saturated carbocycles. The molecule has 0 aromatic carbocycles. The Hall–Kier alpha value is -1.06. The van der Waals surface area contributed by atoms with Gasteiger partial charge in [-0.1, -0.05) is 38.5 Å². The second-order valence-corrected chi connectivity index (χ2v) is 7.32. The standard InChI is InChI=1S/C18H30O4/c1-18(17(21)22-2,14-11-7-4-8-12-14)15(16(19)20)13-9-5-3-6-10-13/h13-15H,3-12H2,1-2H3,(H,19,20). The molecule has 126 valence electrons. The lowest BCUT2D eigenvalue weighted by Gasteiger charge is -2.44. The zero-order valence-corrected chi connectivity index (χ0v) is 14.0. The minimum atomic E-state index is -0.886. The Morgan fingerprint density at radius 3 is 1.95 bits per heavy atom. The van der Waals surface area contributed by atoms with Gasteiger partial charge in [-0.3, -0.25) is 9.59 Å². The fourth-order valence-corrected chi connectivity index (χ4v) is 4.89. The SMILES string of the molecule is COC(=O)C(C)(C1CCCCC1)C(C(=O)O)C1CCCCC1. The maximum Gasteiger partial charge on any atom is 0.312 e. The smallest absolute Gasteiger partial charge is 0.312 e. The molecule has 0 aromatic heterocycles. The highest BCUT2D eigenvalue weighted by atomic mass is 16.5. The second-order valence-electron chi connectivity index (χ2n) is 7.32. The van der Waals surface area contributed by atoms with E-state index < -0.39 is 17.3 Å². The summed E-state index contributed by atoms with van der Waals surface area (Å²) < 4.78 is 5.09. The number of methoxy groups -OCH3 is 1. The Morgan fingerprint density at radius 2 is 1.50 bits per heavy atom. The summed E-state index contributed by atoms with van der Waals surface area (Å²) in [5.41, 5.74) is -0.886. The van der Waals surface area contributed by atoms with Gasteiger partial charge in [0.1, 0.15) is 0 Å². The van der Waals surface area contributed by atoms with E-state index in [0.29, 0.717) is 0 Å². The Balaban J connectivity index is 2.34. The summed E-state index contributed by atoms with van der Waals surface area (Å²) in [6, 6.07) is 0. The van der Waals surface area contributed by atoms with Crippen LogP contribution < -0.4 is 0 Å². The predicted molar refractivity (Wildman–Crippen MR) is 84.4 cm³/mol. The molecular weight excluding hydrogens is 280 g/mol. The van der Waals surface area contributed by atoms with E-state index >= 15 is 0 Å². The fourth-order valence-electron chi connectivity index (χ4n) is 4.89. The van der Waals surface area contributed by atoms with E-state index in [2.05, 4.69) is 0 Å². The van der Waals surface area contributed by atoms with Gasteiger partial charge in [-0.25, -0.2) is 0 Å². The van der Waals surface area contributed by atoms with Gasteiger partial charge in [-0.2, -0.15) is 0 Å². The van der Waals surface area contributed by atoms with Gasteiger partial charge in [0.2, 0.25) is 0 Å². The van der Waals surface area contributed by atoms with E-state index in [4.69, 9.17) is 4.74 Å². The lowest BCUT2D eigenvalue weighted by atomic mass is 9.58. The summed E-state index contributed by atoms with van der Waals surface area (Å²) in [5.74, 6) is -1.50. The maximum atomic E-state index is 12.6. The van der Waals surface area contributed by atoms with Crippen LogP contribution in [0, 0.1) is 23.2 Å². The molecule has 2 atom stereocenters. The van der Waals surface area contributed by atoms with Gasteiger partial charge >= 0.3 is 11.9 Å². The number of aliphatic carboxylic acids is 1. The van der Waals surface area contributed by atoms with E-state index in [9.17, 15) is 14.7 Å². The number of carboxylic acids is 1. The fraction of sp³-hybridized carbons (Fsp3) is 0.889. The van der Waals surface area contributed by atoms with Crippen LogP contribution in [0.15, 0.2) is 0 Å². The van der Waals surface area contributed by atoms with Crippen LogP contribution in [0.2, 0.25) is 0 Å². The van der Waals surface area contributed by atoms with Crippen LogP contribution in [0.1, 0.15) is 71.1 Å². The highest BCUT2D eigenvalue weighted by Gasteiger charge is 2.54. The zero-order valence-electron chi connectivity index (χ0n) is 14.0. The molecule has 0 aliphatic heterocycles. The van der Waals surface area contributed by atoms with Crippen molar-refractivity contribution in [1.29, 1.82) is 0 Å². The highest BCUT2D eigenvalue weighted by Crippen LogP contribution is 2.50. The first kappa shape index (κ1) is 17.3. The zero-order chi connectivity index (χ0) is 16.2. The Morgan fingerprint density at radius 1 is 1.00 bits per heavy atom. The van der Waals surface area contributed by atoms with Gasteiger partial charge in [-0.15, -0.1) is 0 Å². The minimum Gasteiger partial charge on any atom is -0.481 e. The molecule has 2 unspecified atom stereocenters. The normalized spacial score (nSPS) is 25.2. The van der Waals surface area contributed by atoms with Crippen LogP contribution in [0.4, 0.5) is 0 Å². The van der Waals surface area contributed by atoms with Crippen LogP contribution in [0.25, 0.3) is 0 Å². The maximum absolute atomic E-state index is 12.6. The average molecular weight is 310 g/mol. The van der Waals surface area contributed by atoms with E-state index in [0.717, 1.165) is 51.4 Å². The average Bonchev–Trinajstić information content (AvgIpc) is 2.55. The topological polar surface area (TPSA) is 63.6 Å². The quantitative estimate of drug-likeness (QED) is 0.779. The van der Waals surface area contributed by atoms with E-state index in [-0.39, 0.29) is 17.8 Å². The molecular formula is C18H30O4. The summed E-state index contributed by atoms with van der Waals surface area (Å²) >= 11 is 0. The molecule has 2 fully saturated rings. The summed E-state index contributed by atoms with van der Waals surface area (Å²) in [5, 5.41) is 9.93. The van der Waals surface area contributed by atoms with Crippen LogP contribution in [-0.4, -0.2) is 24.2 Å². The van der Waals surface area contributed by atoms with Crippen molar-refractivity contribution in [3.8, 4) is 0 Å². The van der Waals surface area contributed by atoms with Gasteiger partial charge < -0.3 is 9.84 Å². The third-order valence-corrected chi connectivity index (χ3v) is 6.11. The van der Waals surface area contributed by atoms with Gasteiger partial charge in [-0.05, 0) is 44.4 Å². The molecule has 0 heterocycles. The lowest BCUT2D eigenvalue weighted by molar-refractivity contribution is -0.173. The molecule has 0 spiro atoms. The number of rotatable bonds is 5. The first-order valence-electron chi connectivity index (χ1n) is 8.83. The summed E-state index contributed by atoms with van der Waals surface area (Å²) in [4.78, 5) is 24.7. The number of hydrogen-bond acceptors (Lipinski definition) is 3. The number of ether oxygens (including phenoxy) is 1. The molecule has 1 N–H and O–H groups in total. The van der Waals surface area contributed by atoms with Crippen LogP contribution in [0.3, 0.4) is 0 Å². The van der Waals surface area contributed by atoms with Gasteiger partial charge in [0.25, 0.3) is 0 Å². The van der Waals surface area contributed by atoms with E-state index in [1.54, 1.807) is 0 Å². The van der Waals surface area contributed by atoms with Crippen LogP contribution in [-0.2, 0) is 14.3 Å². The van der Waals surface area contributed by atoms with Gasteiger partial charge in [0.15, 0.2) is 0 Å². The Kier molecular flexibility index (Phi) is 5.87. The predicted octanol–water partition coefficient (Wildman–Crippen LogP) is 4.03. The first-order valence-corrected chi connectivity index (χ1v) is 8.83. The summed E-state index contributed by atoms with van der Waals surface area (Å²) in [6.07, 6.45) is 10.5. The first-order chi connectivity index (χ1) is 10.5. The second kappa shape index (κ2) is 7.47. The van der Waals surface area contributed by atoms with Crippen molar-refractivity contribution in [1.82, 2.24) is 0 Å². The molecule has 0 amide bonds. The molecule has 2 aliphatic carbocycles. The number of esters is 1. The van der Waals surface area contributed by atoms with Crippen molar-refractivity contribution in [2.45, 2.75) is 71.1 Å². The molecule has 4 nitrogen and oxygen atoms in total. The minimum absolute atomic E-state index is 0.109. The number of carbonyl (C=O) groups is 2. The van der Waals surface area contributed by atoms with Crippen molar-refractivity contribution in [3.63, 3.8) is 0 Å². The summed E-state index contributed by atoms with van der Waals surface area (Å²) in [7, 11) is 1.39. The van der Waals surface area contributed by atoms with Crippen molar-refractivity contribution >= 4 is 11.9 Å². The van der Waals surface area contributed by atoms with Crippen LogP contribution >= 0.6 is 0 Å². The van der Waals surface area contributed by atoms with Crippen molar-refractivity contribution in [3.05, 3.63) is 0 Å². The number of carbonyl (C=O) groups excluding carboxylic acids is 1. The molecule has 22 heavy (non-hydrogen) atoms. The molecule has 0 bridgehead atoms. The van der Waals surface area contributed by atoms with Gasteiger partial charge in [0, 0.05) is 0 Å². The van der Waals surface area contributed by atoms with E-state index in [1.807, 2.05) is 6.92 Å². The molecule has 0 radical (unpaired) electrons. The van der Waals surface area contributed by atoms with Crippen molar-refractivity contribution < 1.29 is 19.4 Å². The molecule has 0 saturated heterocycles. The van der Waals surface area contributed by atoms with Crippen molar-refractivity contribution in [2.75, 3.05) is 7.11 Å². The lowest BCUT2D eigenvalue weighted by Crippen LogP contribution is -2.50. The van der Waals surface area contributed by atoms with Gasteiger partial charge in [0.05, 0.1) is 18.4 Å². The monoisotopic (exact) mass is 310 g/mol.